The number of nitrogens with two attached hydrogens (primary N) is 3. The third kappa shape index (κ3) is 5.86. The topological polar surface area (TPSA) is 229 Å². The number of hydrogen-bond acceptors (Lipinski definition) is 14. The number of amides is 2. The van der Waals surface area contributed by atoms with Crippen molar-refractivity contribution in [3.05, 3.63) is 23.2 Å². The molecule has 208 valence electrons. The third-order valence-electron chi connectivity index (χ3n) is 5.58. The van der Waals surface area contributed by atoms with E-state index in [4.69, 9.17) is 22.0 Å². The fourth-order valence-corrected chi connectivity index (χ4v) is 6.88. The maximum Gasteiger partial charge on any atom is 0.352 e. The second-order valence-corrected chi connectivity index (χ2v) is 11.1. The maximum atomic E-state index is 13.1. The SMILES string of the molecule is CCC[n+]1c(N)cc(N)nc1SCC1=C(C(=O)O)N2C(=O)C(NC(=O)/C(=N\OCC)c3nsc(N)n3)[C@H]2SC1. The second kappa shape index (κ2) is 12.0. The molecule has 1 fully saturated rings. The average Bonchev–Trinajstić information content (AvgIpc) is 3.32. The van der Waals surface area contributed by atoms with Crippen molar-refractivity contribution >= 4 is 75.3 Å². The minimum Gasteiger partial charge on any atom is -0.477 e. The summed E-state index contributed by atoms with van der Waals surface area (Å²) in [5, 5.41) is 16.4. The third-order valence-corrected chi connectivity index (χ3v) is 8.52. The van der Waals surface area contributed by atoms with Crippen LogP contribution in [0.15, 0.2) is 27.6 Å². The number of carbonyl (C=O) groups excluding carboxylic acids is 2. The van der Waals surface area contributed by atoms with Crippen LogP contribution in [-0.4, -0.2) is 77.4 Å². The lowest BCUT2D eigenvalue weighted by atomic mass is 10.0. The molecule has 18 heteroatoms. The van der Waals surface area contributed by atoms with Crippen LogP contribution in [0.5, 0.6) is 0 Å². The van der Waals surface area contributed by atoms with Gasteiger partial charge in [-0.3, -0.25) is 14.5 Å². The highest BCUT2D eigenvalue weighted by molar-refractivity contribution is 8.01. The van der Waals surface area contributed by atoms with Crippen LogP contribution >= 0.6 is 35.1 Å². The highest BCUT2D eigenvalue weighted by Crippen LogP contribution is 2.41. The summed E-state index contributed by atoms with van der Waals surface area (Å²) < 4.78 is 5.80. The Kier molecular flexibility index (Phi) is 8.76. The van der Waals surface area contributed by atoms with Gasteiger partial charge in [-0.15, -0.1) is 11.8 Å². The number of β-lactam (4-membered cyclic amide) rings is 1. The molecule has 2 aliphatic heterocycles. The van der Waals surface area contributed by atoms with E-state index in [2.05, 4.69) is 24.8 Å². The molecule has 0 aromatic carbocycles. The Morgan fingerprint density at radius 2 is 2.10 bits per heavy atom. The van der Waals surface area contributed by atoms with Crippen LogP contribution in [0, 0.1) is 0 Å². The summed E-state index contributed by atoms with van der Waals surface area (Å²) in [6.07, 6.45) is 0.812. The summed E-state index contributed by atoms with van der Waals surface area (Å²) in [5.41, 5.74) is 17.8. The molecule has 1 unspecified atom stereocenters. The number of nitrogens with one attached hydrogen (secondary N) is 1. The molecule has 39 heavy (non-hydrogen) atoms. The fourth-order valence-electron chi connectivity index (χ4n) is 3.90. The van der Waals surface area contributed by atoms with Crippen molar-refractivity contribution in [3.63, 3.8) is 0 Å². The van der Waals surface area contributed by atoms with E-state index in [0.29, 0.717) is 28.8 Å². The van der Waals surface area contributed by atoms with Gasteiger partial charge in [-0.1, -0.05) is 17.1 Å². The van der Waals surface area contributed by atoms with E-state index >= 15 is 0 Å². The van der Waals surface area contributed by atoms with Crippen LogP contribution in [0.4, 0.5) is 16.8 Å². The molecule has 1 saturated heterocycles. The number of hydrogen-bond donors (Lipinski definition) is 5. The van der Waals surface area contributed by atoms with Crippen LogP contribution in [0.1, 0.15) is 26.1 Å². The molecule has 8 N–H and O–H groups in total. The molecule has 2 aliphatic rings. The van der Waals surface area contributed by atoms with E-state index in [-0.39, 0.29) is 40.5 Å². The highest BCUT2D eigenvalue weighted by Gasteiger charge is 2.54. The van der Waals surface area contributed by atoms with E-state index in [9.17, 15) is 19.5 Å². The number of carboxylic acid groups (broad SMARTS) is 1. The van der Waals surface area contributed by atoms with E-state index in [1.165, 1.54) is 28.4 Å². The minimum absolute atomic E-state index is 0.0371. The summed E-state index contributed by atoms with van der Waals surface area (Å²) >= 11 is 3.51. The van der Waals surface area contributed by atoms with Crippen molar-refractivity contribution in [2.75, 3.05) is 35.3 Å². The Morgan fingerprint density at radius 1 is 1.33 bits per heavy atom. The maximum absolute atomic E-state index is 13.1. The van der Waals surface area contributed by atoms with Crippen molar-refractivity contribution in [2.24, 2.45) is 5.16 Å². The van der Waals surface area contributed by atoms with Gasteiger partial charge in [0.25, 0.3) is 11.8 Å². The molecular weight excluding hydrogens is 568 g/mol. The Labute approximate surface area is 235 Å². The Hall–Kier alpha value is -3.64. The van der Waals surface area contributed by atoms with Gasteiger partial charge in [0.05, 0.1) is 12.6 Å². The average molecular weight is 596 g/mol. The van der Waals surface area contributed by atoms with Gasteiger partial charge in [-0.05, 0) is 30.7 Å². The van der Waals surface area contributed by atoms with E-state index in [1.807, 2.05) is 11.5 Å². The van der Waals surface area contributed by atoms with Gasteiger partial charge in [0.1, 0.15) is 23.7 Å². The van der Waals surface area contributed by atoms with Gasteiger partial charge < -0.3 is 32.5 Å². The lowest BCUT2D eigenvalue weighted by Gasteiger charge is -2.49. The van der Waals surface area contributed by atoms with Gasteiger partial charge >= 0.3 is 11.1 Å². The molecule has 2 atom stereocenters. The van der Waals surface area contributed by atoms with E-state index < -0.39 is 29.2 Å². The lowest BCUT2D eigenvalue weighted by molar-refractivity contribution is -0.723. The summed E-state index contributed by atoms with van der Waals surface area (Å²) in [6.45, 7) is 4.49. The van der Waals surface area contributed by atoms with Crippen LogP contribution in [-0.2, 0) is 25.8 Å². The number of carbonyl (C=O) groups is 3. The van der Waals surface area contributed by atoms with Gasteiger partial charge in [0.15, 0.2) is 5.13 Å². The second-order valence-electron chi connectivity index (χ2n) is 8.26. The zero-order chi connectivity index (χ0) is 28.3. The Morgan fingerprint density at radius 3 is 2.74 bits per heavy atom. The van der Waals surface area contributed by atoms with Crippen molar-refractivity contribution in [1.82, 2.24) is 24.6 Å². The molecule has 2 amide bonds. The fraction of sp³-hybridized carbons (Fsp3) is 0.429. The quantitative estimate of drug-likeness (QED) is 0.0559. The van der Waals surface area contributed by atoms with Crippen LogP contribution in [0.25, 0.3) is 0 Å². The smallest absolute Gasteiger partial charge is 0.352 e. The predicted octanol–water partition coefficient (Wildman–Crippen LogP) is -0.351. The Bertz CT molecular complexity index is 1360. The number of aromatic nitrogens is 4. The number of rotatable bonds is 11. The minimum atomic E-state index is -1.24. The zero-order valence-electron chi connectivity index (χ0n) is 21.0. The number of nitrogen functional groups attached to an aromatic ring is 3. The summed E-state index contributed by atoms with van der Waals surface area (Å²) in [5.74, 6) is -1.29. The molecular formula is C21H27N10O5S3+. The molecule has 4 heterocycles. The number of fused-ring (bicyclic) bond motifs is 1. The molecule has 0 radical (unpaired) electrons. The van der Waals surface area contributed by atoms with Crippen molar-refractivity contribution in [1.29, 1.82) is 0 Å². The van der Waals surface area contributed by atoms with Crippen LogP contribution in [0.3, 0.4) is 0 Å². The largest absolute Gasteiger partial charge is 0.477 e. The number of thioether (sulfide) groups is 2. The molecule has 4 rings (SSSR count). The highest BCUT2D eigenvalue weighted by atomic mass is 32.2. The van der Waals surface area contributed by atoms with E-state index in [0.717, 1.165) is 18.0 Å². The van der Waals surface area contributed by atoms with Crippen molar-refractivity contribution < 1.29 is 28.9 Å². The first-order valence-corrected chi connectivity index (χ1v) is 14.6. The van der Waals surface area contributed by atoms with Gasteiger partial charge in [0.2, 0.25) is 23.2 Å². The van der Waals surface area contributed by atoms with Crippen LogP contribution in [0.2, 0.25) is 0 Å². The first kappa shape index (κ1) is 28.4. The number of oxime groups is 1. The molecule has 2 aromatic rings. The molecule has 2 aromatic heterocycles. The molecule has 0 saturated carbocycles. The van der Waals surface area contributed by atoms with Gasteiger partial charge in [0, 0.05) is 23.0 Å². The first-order valence-electron chi connectivity index (χ1n) is 11.7. The summed E-state index contributed by atoms with van der Waals surface area (Å²) in [7, 11) is 0. The zero-order valence-corrected chi connectivity index (χ0v) is 23.4. The summed E-state index contributed by atoms with van der Waals surface area (Å²) in [4.78, 5) is 52.8. The number of anilines is 3. The first-order chi connectivity index (χ1) is 18.7. The molecule has 0 aliphatic carbocycles. The number of aliphatic carboxylic acids is 1. The van der Waals surface area contributed by atoms with Gasteiger partial charge in [-0.2, -0.15) is 9.36 Å². The molecule has 0 bridgehead atoms. The Balaban J connectivity index is 1.52. The molecule has 15 nitrogen and oxygen atoms in total. The van der Waals surface area contributed by atoms with E-state index in [1.54, 1.807) is 13.0 Å². The number of carboxylic acids is 1. The normalized spacial score (nSPS) is 19.0. The number of nitrogens with zero attached hydrogens (tertiary/aromatic N) is 6. The lowest BCUT2D eigenvalue weighted by Crippen LogP contribution is -2.71. The predicted molar refractivity (Wildman–Crippen MR) is 146 cm³/mol. The monoisotopic (exact) mass is 595 g/mol. The van der Waals surface area contributed by atoms with Crippen molar-refractivity contribution in [3.8, 4) is 0 Å². The van der Waals surface area contributed by atoms with Crippen molar-refractivity contribution in [2.45, 2.75) is 43.4 Å². The van der Waals surface area contributed by atoms with Crippen LogP contribution < -0.4 is 27.1 Å². The van der Waals surface area contributed by atoms with Gasteiger partial charge in [-0.25, -0.2) is 9.36 Å². The molecule has 0 spiro atoms. The summed E-state index contributed by atoms with van der Waals surface area (Å²) in [6, 6.07) is 0.593. The standard InChI is InChI=1S/C21H26N10O5S3/c1-3-5-30-11(23)6-10(22)25-21(30)38-8-9-7-37-18-13(17(33)31(18)14(9)19(34)35)26-16(32)12(28-36-4-2)15-27-20(24)39-29-15/h6,13,18H,3-5,7-8H2,1-2H3,(H7,22,23,24,26,27,29,32,34,35)/p+1/b28-12-/t13?,18-/m1/s1.